The van der Waals surface area contributed by atoms with E-state index in [0.717, 1.165) is 5.56 Å². The zero-order chi connectivity index (χ0) is 23.3. The first-order valence-corrected chi connectivity index (χ1v) is 11.6. The maximum atomic E-state index is 13.3. The first-order chi connectivity index (χ1) is 15.2. The summed E-state index contributed by atoms with van der Waals surface area (Å²) in [5, 5.41) is 4.50. The molecule has 32 heavy (non-hydrogen) atoms. The van der Waals surface area contributed by atoms with Gasteiger partial charge in [0.15, 0.2) is 6.61 Å². The highest BCUT2D eigenvalue weighted by molar-refractivity contribution is 7.92. The van der Waals surface area contributed by atoms with Crippen molar-refractivity contribution in [2.45, 2.75) is 37.6 Å². The largest absolute Gasteiger partial charge is 0.452 e. The van der Waals surface area contributed by atoms with E-state index >= 15 is 0 Å². The fourth-order valence-electron chi connectivity index (χ4n) is 3.46. The number of nitrogens with zero attached hydrogens (tertiary/aromatic N) is 1. The Balaban J connectivity index is 1.70. The summed E-state index contributed by atoms with van der Waals surface area (Å²) < 4.78 is 32.9. The second-order valence-corrected chi connectivity index (χ2v) is 9.21. The van der Waals surface area contributed by atoms with Crippen LogP contribution < -0.4 is 14.9 Å². The molecule has 1 aliphatic heterocycles. The lowest BCUT2D eigenvalue weighted by Crippen LogP contribution is -2.41. The Morgan fingerprint density at radius 2 is 1.88 bits per heavy atom. The minimum Gasteiger partial charge on any atom is -0.452 e. The zero-order valence-corrected chi connectivity index (χ0v) is 18.6. The quantitative estimate of drug-likeness (QED) is 0.613. The number of rotatable bonds is 7. The van der Waals surface area contributed by atoms with E-state index in [4.69, 9.17) is 4.74 Å². The molecule has 0 aliphatic carbocycles. The SMILES string of the molecule is CCCNC(=O)NC(=O)COC(=O)c1cccc(S(=O)(=O)N2c3ccccc3C[C@@H]2C)c1. The van der Waals surface area contributed by atoms with Gasteiger partial charge in [0.2, 0.25) is 0 Å². The third kappa shape index (κ3) is 5.08. The molecule has 3 amide bonds. The molecule has 0 spiro atoms. The van der Waals surface area contributed by atoms with Crippen molar-refractivity contribution in [3.8, 4) is 0 Å². The number of carbonyl (C=O) groups excluding carboxylic acids is 3. The number of nitrogens with one attached hydrogen (secondary N) is 2. The number of ether oxygens (including phenoxy) is 1. The van der Waals surface area contributed by atoms with E-state index in [0.29, 0.717) is 25.1 Å². The van der Waals surface area contributed by atoms with Gasteiger partial charge in [0.25, 0.3) is 15.9 Å². The number of fused-ring (bicyclic) bond motifs is 1. The average Bonchev–Trinajstić information content (AvgIpc) is 3.12. The Morgan fingerprint density at radius 1 is 1.12 bits per heavy atom. The molecule has 0 saturated carbocycles. The molecule has 0 saturated heterocycles. The van der Waals surface area contributed by atoms with Gasteiger partial charge in [-0.2, -0.15) is 0 Å². The number of benzene rings is 2. The van der Waals surface area contributed by atoms with Crippen LogP contribution in [0.1, 0.15) is 36.2 Å². The summed E-state index contributed by atoms with van der Waals surface area (Å²) in [7, 11) is -3.92. The molecule has 0 bridgehead atoms. The number of amides is 3. The fourth-order valence-corrected chi connectivity index (χ4v) is 5.20. The molecule has 0 unspecified atom stereocenters. The van der Waals surface area contributed by atoms with Crippen molar-refractivity contribution in [1.29, 1.82) is 0 Å². The summed E-state index contributed by atoms with van der Waals surface area (Å²) in [4.78, 5) is 35.5. The maximum Gasteiger partial charge on any atom is 0.338 e. The fraction of sp³-hybridized carbons (Fsp3) is 0.318. The van der Waals surface area contributed by atoms with Crippen molar-refractivity contribution in [2.24, 2.45) is 0 Å². The van der Waals surface area contributed by atoms with Crippen LogP contribution >= 0.6 is 0 Å². The molecule has 0 radical (unpaired) electrons. The standard InChI is InChI=1S/C22H25N3O6S/c1-3-11-23-22(28)24-20(26)14-31-21(27)17-8-6-9-18(13-17)32(29,30)25-15(2)12-16-7-4-5-10-19(16)25/h4-10,13,15H,3,11-12,14H2,1-2H3,(H2,23,24,26,28)/t15-/m0/s1. The average molecular weight is 460 g/mol. The Labute approximate surface area is 186 Å². The highest BCUT2D eigenvalue weighted by atomic mass is 32.2. The number of imide groups is 1. The van der Waals surface area contributed by atoms with Crippen LogP contribution in [0.15, 0.2) is 53.4 Å². The van der Waals surface area contributed by atoms with Gasteiger partial charge >= 0.3 is 12.0 Å². The van der Waals surface area contributed by atoms with Gasteiger partial charge in [-0.15, -0.1) is 0 Å². The van der Waals surface area contributed by atoms with Gasteiger partial charge < -0.3 is 10.1 Å². The van der Waals surface area contributed by atoms with Gasteiger partial charge in [0.05, 0.1) is 16.1 Å². The lowest BCUT2D eigenvalue weighted by atomic mass is 10.1. The molecule has 1 heterocycles. The van der Waals surface area contributed by atoms with Crippen molar-refractivity contribution in [2.75, 3.05) is 17.5 Å². The number of urea groups is 1. The van der Waals surface area contributed by atoms with E-state index in [1.807, 2.05) is 31.3 Å². The normalized spacial score (nSPS) is 15.1. The van der Waals surface area contributed by atoms with Gasteiger partial charge in [-0.3, -0.25) is 14.4 Å². The van der Waals surface area contributed by atoms with Crippen molar-refractivity contribution in [1.82, 2.24) is 10.6 Å². The molecule has 1 atom stereocenters. The van der Waals surface area contributed by atoms with E-state index < -0.39 is 34.5 Å². The first-order valence-electron chi connectivity index (χ1n) is 10.2. The molecule has 0 fully saturated rings. The van der Waals surface area contributed by atoms with E-state index in [9.17, 15) is 22.8 Å². The molecule has 2 N–H and O–H groups in total. The van der Waals surface area contributed by atoms with Crippen LogP contribution in [0.2, 0.25) is 0 Å². The zero-order valence-electron chi connectivity index (χ0n) is 17.8. The van der Waals surface area contributed by atoms with Crippen LogP contribution in [-0.2, 0) is 26.0 Å². The van der Waals surface area contributed by atoms with Crippen LogP contribution in [0, 0.1) is 0 Å². The Hall–Kier alpha value is -3.40. The van der Waals surface area contributed by atoms with Crippen molar-refractivity contribution in [3.63, 3.8) is 0 Å². The number of carbonyl (C=O) groups is 3. The Bertz CT molecular complexity index is 1130. The second-order valence-electron chi connectivity index (χ2n) is 7.39. The van der Waals surface area contributed by atoms with Crippen LogP contribution in [-0.4, -0.2) is 45.5 Å². The van der Waals surface area contributed by atoms with Crippen molar-refractivity contribution < 1.29 is 27.5 Å². The van der Waals surface area contributed by atoms with E-state index in [1.165, 1.54) is 28.6 Å². The molecule has 3 rings (SSSR count). The third-order valence-corrected chi connectivity index (χ3v) is 6.82. The summed E-state index contributed by atoms with van der Waals surface area (Å²) in [6, 6.07) is 11.8. The molecule has 2 aromatic rings. The second kappa shape index (κ2) is 9.82. The number of hydrogen-bond donors (Lipinski definition) is 2. The van der Waals surface area contributed by atoms with Crippen molar-refractivity contribution >= 4 is 33.6 Å². The predicted molar refractivity (Wildman–Crippen MR) is 118 cm³/mol. The Morgan fingerprint density at radius 3 is 2.62 bits per heavy atom. The van der Waals surface area contributed by atoms with E-state index in [1.54, 1.807) is 12.1 Å². The summed E-state index contributed by atoms with van der Waals surface area (Å²) in [6.07, 6.45) is 1.30. The maximum absolute atomic E-state index is 13.3. The van der Waals surface area contributed by atoms with Crippen LogP contribution in [0.3, 0.4) is 0 Å². The summed E-state index contributed by atoms with van der Waals surface area (Å²) in [6.45, 7) is 3.42. The van der Waals surface area contributed by atoms with Crippen LogP contribution in [0.4, 0.5) is 10.5 Å². The van der Waals surface area contributed by atoms with Gasteiger partial charge in [-0.05, 0) is 49.6 Å². The number of para-hydroxylation sites is 1. The molecule has 170 valence electrons. The molecule has 1 aliphatic rings. The van der Waals surface area contributed by atoms with E-state index in [2.05, 4.69) is 5.32 Å². The molecular weight excluding hydrogens is 434 g/mol. The highest BCUT2D eigenvalue weighted by Crippen LogP contribution is 2.36. The number of anilines is 1. The number of sulfonamides is 1. The summed E-state index contributed by atoms with van der Waals surface area (Å²) >= 11 is 0. The summed E-state index contributed by atoms with van der Waals surface area (Å²) in [5.74, 6) is -1.67. The smallest absolute Gasteiger partial charge is 0.338 e. The van der Waals surface area contributed by atoms with Crippen molar-refractivity contribution in [3.05, 3.63) is 59.7 Å². The Kier molecular flexibility index (Phi) is 7.14. The molecule has 9 nitrogen and oxygen atoms in total. The predicted octanol–water partition coefficient (Wildman–Crippen LogP) is 2.22. The third-order valence-electron chi connectivity index (χ3n) is 4.89. The molecule has 0 aromatic heterocycles. The van der Waals surface area contributed by atoms with Crippen LogP contribution in [0.5, 0.6) is 0 Å². The highest BCUT2D eigenvalue weighted by Gasteiger charge is 2.36. The van der Waals surface area contributed by atoms with Gasteiger partial charge in [0.1, 0.15) is 0 Å². The first kappa shape index (κ1) is 23.3. The van der Waals surface area contributed by atoms with Gasteiger partial charge in [-0.25, -0.2) is 18.0 Å². The minimum atomic E-state index is -3.92. The lowest BCUT2D eigenvalue weighted by Gasteiger charge is -2.24. The van der Waals surface area contributed by atoms with Gasteiger partial charge in [0, 0.05) is 12.6 Å². The van der Waals surface area contributed by atoms with Gasteiger partial charge in [-0.1, -0.05) is 31.2 Å². The topological polar surface area (TPSA) is 122 Å². The number of esters is 1. The van der Waals surface area contributed by atoms with Crippen LogP contribution in [0.25, 0.3) is 0 Å². The number of hydrogen-bond acceptors (Lipinski definition) is 6. The van der Waals surface area contributed by atoms with E-state index in [-0.39, 0.29) is 16.5 Å². The molecule has 10 heteroatoms. The monoisotopic (exact) mass is 459 g/mol. The molecular formula is C22H25N3O6S. The lowest BCUT2D eigenvalue weighted by molar-refractivity contribution is -0.123. The minimum absolute atomic E-state index is 0.0190. The summed E-state index contributed by atoms with van der Waals surface area (Å²) in [5.41, 5.74) is 1.54. The molecule has 2 aromatic carbocycles.